The average Bonchev–Trinajstić information content (AvgIpc) is 2.84. The minimum atomic E-state index is -0.0303. The van der Waals surface area contributed by atoms with Crippen LogP contribution in [0.5, 0.6) is 0 Å². The van der Waals surface area contributed by atoms with Crippen molar-refractivity contribution in [1.82, 2.24) is 9.80 Å². The molecule has 0 saturated carbocycles. The second-order valence-electron chi connectivity index (χ2n) is 5.35. The fourth-order valence-electron chi connectivity index (χ4n) is 3.10. The number of nitrogens with one attached hydrogen (secondary N) is 1. The van der Waals surface area contributed by atoms with Crippen LogP contribution in [0.3, 0.4) is 0 Å². The Hall–Kier alpha value is -0.780. The molecule has 4 heterocycles. The molecule has 3 saturated heterocycles. The smallest absolute Gasteiger partial charge is 0.322 e. The van der Waals surface area contributed by atoms with Gasteiger partial charge in [0, 0.05) is 19.6 Å². The highest BCUT2D eigenvalue weighted by Crippen LogP contribution is 2.31. The number of carbonyl (C=O) groups is 1. The van der Waals surface area contributed by atoms with E-state index in [0.29, 0.717) is 16.3 Å². The molecule has 2 amide bonds. The Morgan fingerprint density at radius 3 is 2.74 bits per heavy atom. The fourth-order valence-corrected chi connectivity index (χ4v) is 4.03. The normalized spacial score (nSPS) is 29.3. The summed E-state index contributed by atoms with van der Waals surface area (Å²) in [6, 6.07) is 3.96. The van der Waals surface area contributed by atoms with Gasteiger partial charge < -0.3 is 9.80 Å². The van der Waals surface area contributed by atoms with E-state index in [1.54, 1.807) is 6.07 Å². The first kappa shape index (κ1) is 13.2. The Balaban J connectivity index is 1.63. The Bertz CT molecular complexity index is 470. The molecule has 6 heteroatoms. The monoisotopic (exact) mass is 299 g/mol. The maximum absolute atomic E-state index is 12.3. The Kier molecular flexibility index (Phi) is 3.69. The first-order valence-electron chi connectivity index (χ1n) is 6.65. The summed E-state index contributed by atoms with van der Waals surface area (Å²) in [7, 11) is 1.90. The number of thiophene rings is 1. The second kappa shape index (κ2) is 5.31. The van der Waals surface area contributed by atoms with Crippen molar-refractivity contribution in [2.75, 3.05) is 32.0 Å². The molecular formula is C13H18ClN3OS. The number of hydrogen-bond acceptors (Lipinski definition) is 3. The van der Waals surface area contributed by atoms with E-state index in [9.17, 15) is 4.79 Å². The molecule has 104 valence electrons. The number of anilines is 1. The molecule has 0 aliphatic carbocycles. The number of amides is 2. The number of rotatable bonds is 2. The summed E-state index contributed by atoms with van der Waals surface area (Å²) in [5, 5.41) is 3.73. The molecule has 1 N–H and O–H groups in total. The molecule has 3 aliphatic rings. The lowest BCUT2D eigenvalue weighted by Crippen LogP contribution is -2.58. The van der Waals surface area contributed by atoms with Crippen LogP contribution in [0, 0.1) is 5.92 Å². The molecule has 4 nitrogen and oxygen atoms in total. The third kappa shape index (κ3) is 2.73. The van der Waals surface area contributed by atoms with Gasteiger partial charge in [-0.3, -0.25) is 5.32 Å². The van der Waals surface area contributed by atoms with Crippen molar-refractivity contribution >= 4 is 34.0 Å². The van der Waals surface area contributed by atoms with Crippen LogP contribution < -0.4 is 5.32 Å². The molecule has 0 unspecified atom stereocenters. The molecular weight excluding hydrogens is 282 g/mol. The van der Waals surface area contributed by atoms with E-state index in [-0.39, 0.29) is 6.03 Å². The molecule has 3 fully saturated rings. The van der Waals surface area contributed by atoms with Gasteiger partial charge in [-0.15, -0.1) is 11.3 Å². The maximum Gasteiger partial charge on any atom is 0.322 e. The number of halogens is 1. The highest BCUT2D eigenvalue weighted by molar-refractivity contribution is 7.20. The summed E-state index contributed by atoms with van der Waals surface area (Å²) in [6.07, 6.45) is 2.43. The van der Waals surface area contributed by atoms with Gasteiger partial charge in [-0.25, -0.2) is 4.79 Å². The molecule has 1 aromatic rings. The van der Waals surface area contributed by atoms with E-state index < -0.39 is 0 Å². The second-order valence-corrected chi connectivity index (χ2v) is 7.07. The van der Waals surface area contributed by atoms with E-state index in [4.69, 9.17) is 11.6 Å². The standard InChI is InChI=1S/C13H18ClN3OS/c1-16(10-8-17-6-4-9(10)5-7-17)13(18)15-12-3-2-11(14)19-12/h2-3,9-10H,4-8H2,1H3,(H,15,18)/t10-/m0/s1. The van der Waals surface area contributed by atoms with E-state index in [0.717, 1.165) is 11.5 Å². The lowest BCUT2D eigenvalue weighted by atomic mass is 9.83. The van der Waals surface area contributed by atoms with Gasteiger partial charge in [-0.2, -0.15) is 0 Å². The van der Waals surface area contributed by atoms with E-state index >= 15 is 0 Å². The first-order chi connectivity index (χ1) is 9.13. The Labute approximate surface area is 122 Å². The number of carbonyl (C=O) groups excluding carboxylic acids is 1. The zero-order valence-electron chi connectivity index (χ0n) is 10.9. The molecule has 3 aliphatic heterocycles. The van der Waals surface area contributed by atoms with Gasteiger partial charge in [0.05, 0.1) is 9.34 Å². The molecule has 0 aromatic carbocycles. The van der Waals surface area contributed by atoms with Gasteiger partial charge in [0.1, 0.15) is 0 Å². The van der Waals surface area contributed by atoms with Crippen LogP contribution in [-0.2, 0) is 0 Å². The number of piperidine rings is 3. The summed E-state index contributed by atoms with van der Waals surface area (Å²) in [4.78, 5) is 16.6. The highest BCUT2D eigenvalue weighted by Gasteiger charge is 2.37. The van der Waals surface area contributed by atoms with Gasteiger partial charge in [-0.1, -0.05) is 11.6 Å². The van der Waals surface area contributed by atoms with Crippen LogP contribution >= 0.6 is 22.9 Å². The summed E-state index contributed by atoms with van der Waals surface area (Å²) >= 11 is 7.26. The quantitative estimate of drug-likeness (QED) is 0.911. The van der Waals surface area contributed by atoms with Crippen LogP contribution in [0.25, 0.3) is 0 Å². The van der Waals surface area contributed by atoms with Gasteiger partial charge in [-0.05, 0) is 44.0 Å². The van der Waals surface area contributed by atoms with Crippen LogP contribution in [0.15, 0.2) is 12.1 Å². The van der Waals surface area contributed by atoms with Crippen molar-refractivity contribution in [1.29, 1.82) is 0 Å². The third-order valence-electron chi connectivity index (χ3n) is 4.24. The summed E-state index contributed by atoms with van der Waals surface area (Å²) in [6.45, 7) is 3.40. The zero-order chi connectivity index (χ0) is 13.4. The number of hydrogen-bond donors (Lipinski definition) is 1. The largest absolute Gasteiger partial charge is 0.323 e. The van der Waals surface area contributed by atoms with Crippen molar-refractivity contribution in [3.05, 3.63) is 16.5 Å². The van der Waals surface area contributed by atoms with Crippen molar-refractivity contribution in [2.45, 2.75) is 18.9 Å². The summed E-state index contributed by atoms with van der Waals surface area (Å²) < 4.78 is 0.695. The topological polar surface area (TPSA) is 35.6 Å². The van der Waals surface area contributed by atoms with Crippen LogP contribution in [0.4, 0.5) is 9.80 Å². The molecule has 0 spiro atoms. The van der Waals surface area contributed by atoms with Gasteiger partial charge in [0.25, 0.3) is 0 Å². The van der Waals surface area contributed by atoms with Crippen LogP contribution in [0.2, 0.25) is 4.34 Å². The number of fused-ring (bicyclic) bond motifs is 3. The van der Waals surface area contributed by atoms with Crippen molar-refractivity contribution in [2.24, 2.45) is 5.92 Å². The lowest BCUT2D eigenvalue weighted by Gasteiger charge is -2.47. The first-order valence-corrected chi connectivity index (χ1v) is 7.84. The maximum atomic E-state index is 12.3. The van der Waals surface area contributed by atoms with Crippen molar-refractivity contribution in [3.8, 4) is 0 Å². The van der Waals surface area contributed by atoms with E-state index in [2.05, 4.69) is 10.2 Å². The number of urea groups is 1. The van der Waals surface area contributed by atoms with Gasteiger partial charge in [0.15, 0.2) is 0 Å². The average molecular weight is 300 g/mol. The lowest BCUT2D eigenvalue weighted by molar-refractivity contribution is 0.0336. The van der Waals surface area contributed by atoms with Crippen LogP contribution in [-0.4, -0.2) is 48.6 Å². The molecule has 1 atom stereocenters. The predicted molar refractivity (Wildman–Crippen MR) is 79.1 cm³/mol. The molecule has 1 aromatic heterocycles. The fraction of sp³-hybridized carbons (Fsp3) is 0.615. The van der Waals surface area contributed by atoms with E-state index in [1.165, 1.54) is 37.3 Å². The third-order valence-corrected chi connectivity index (χ3v) is 5.39. The molecule has 0 radical (unpaired) electrons. The number of nitrogens with zero attached hydrogens (tertiary/aromatic N) is 2. The predicted octanol–water partition coefficient (Wildman–Crippen LogP) is 2.96. The van der Waals surface area contributed by atoms with Gasteiger partial charge >= 0.3 is 6.03 Å². The van der Waals surface area contributed by atoms with E-state index in [1.807, 2.05) is 18.0 Å². The van der Waals surface area contributed by atoms with Gasteiger partial charge in [0.2, 0.25) is 0 Å². The summed E-state index contributed by atoms with van der Waals surface area (Å²) in [5.41, 5.74) is 0. The minimum Gasteiger partial charge on any atom is -0.323 e. The van der Waals surface area contributed by atoms with Crippen LogP contribution in [0.1, 0.15) is 12.8 Å². The molecule has 2 bridgehead atoms. The van der Waals surface area contributed by atoms with Crippen molar-refractivity contribution < 1.29 is 4.79 Å². The molecule has 4 rings (SSSR count). The minimum absolute atomic E-state index is 0.0303. The zero-order valence-corrected chi connectivity index (χ0v) is 12.5. The highest BCUT2D eigenvalue weighted by atomic mass is 35.5. The molecule has 19 heavy (non-hydrogen) atoms. The Morgan fingerprint density at radius 1 is 1.47 bits per heavy atom. The van der Waals surface area contributed by atoms with Crippen molar-refractivity contribution in [3.63, 3.8) is 0 Å². The Morgan fingerprint density at radius 2 is 2.21 bits per heavy atom. The number of likely N-dealkylation sites (N-methyl/N-ethyl adjacent to an activating group) is 1. The SMILES string of the molecule is CN(C(=O)Nc1ccc(Cl)s1)[C@H]1CN2CCC1CC2. The summed E-state index contributed by atoms with van der Waals surface area (Å²) in [5.74, 6) is 0.660.